The lowest BCUT2D eigenvalue weighted by atomic mass is 10.0. The third-order valence-electron chi connectivity index (χ3n) is 7.22. The molecule has 1 unspecified atom stereocenters. The maximum atomic E-state index is 13.8. The summed E-state index contributed by atoms with van der Waals surface area (Å²) in [5, 5.41) is 16.6. The fraction of sp³-hybridized carbons (Fsp3) is 0.312. The zero-order valence-electron chi connectivity index (χ0n) is 24.6. The molecule has 232 valence electrons. The van der Waals surface area contributed by atoms with Crippen LogP contribution in [0.5, 0.6) is 0 Å². The summed E-state index contributed by atoms with van der Waals surface area (Å²) >= 11 is 1.31. The highest BCUT2D eigenvalue weighted by Gasteiger charge is 2.29. The fourth-order valence-corrected chi connectivity index (χ4v) is 5.69. The van der Waals surface area contributed by atoms with E-state index in [0.29, 0.717) is 50.1 Å². The summed E-state index contributed by atoms with van der Waals surface area (Å²) in [6.07, 6.45) is 1.92. The van der Waals surface area contributed by atoms with Crippen molar-refractivity contribution in [3.63, 3.8) is 0 Å². The Morgan fingerprint density at radius 2 is 1.68 bits per heavy atom. The predicted octanol–water partition coefficient (Wildman–Crippen LogP) is 2.96. The van der Waals surface area contributed by atoms with Crippen molar-refractivity contribution in [3.05, 3.63) is 95.6 Å². The number of piperidine rings is 1. The molecule has 9 N–H and O–H groups in total. The van der Waals surface area contributed by atoms with Gasteiger partial charge in [0.2, 0.25) is 11.8 Å². The second-order valence-corrected chi connectivity index (χ2v) is 11.5. The first-order chi connectivity index (χ1) is 21.3. The van der Waals surface area contributed by atoms with Crippen LogP contribution in [0, 0.1) is 5.41 Å². The third-order valence-corrected chi connectivity index (χ3v) is 8.11. The van der Waals surface area contributed by atoms with Crippen LogP contribution >= 0.6 is 11.9 Å². The second kappa shape index (κ2) is 16.5. The molecule has 1 saturated heterocycles. The molecular formula is C32H40N8O3S. The molecule has 0 bridgehead atoms. The van der Waals surface area contributed by atoms with Crippen LogP contribution in [-0.2, 0) is 22.6 Å². The molecule has 1 heterocycles. The Morgan fingerprint density at radius 1 is 0.955 bits per heavy atom. The van der Waals surface area contributed by atoms with Crippen LogP contribution in [0.25, 0.3) is 0 Å². The molecule has 0 saturated carbocycles. The van der Waals surface area contributed by atoms with Gasteiger partial charge in [0.25, 0.3) is 0 Å². The monoisotopic (exact) mass is 616 g/mol. The van der Waals surface area contributed by atoms with Crippen molar-refractivity contribution in [3.8, 4) is 0 Å². The number of anilines is 1. The van der Waals surface area contributed by atoms with Gasteiger partial charge in [-0.2, -0.15) is 0 Å². The van der Waals surface area contributed by atoms with Crippen molar-refractivity contribution < 1.29 is 14.4 Å². The highest BCUT2D eigenvalue weighted by Crippen LogP contribution is 2.22. The molecule has 4 rings (SSSR count). The lowest BCUT2D eigenvalue weighted by Crippen LogP contribution is -2.52. The number of hydrogen-bond acceptors (Lipinski definition) is 7. The minimum absolute atomic E-state index is 0.0277. The summed E-state index contributed by atoms with van der Waals surface area (Å²) in [5.41, 5.74) is 14.3. The van der Waals surface area contributed by atoms with Crippen LogP contribution in [0.1, 0.15) is 36.0 Å². The Labute approximate surface area is 262 Å². The van der Waals surface area contributed by atoms with Gasteiger partial charge in [-0.3, -0.25) is 15.0 Å². The average molecular weight is 617 g/mol. The van der Waals surface area contributed by atoms with E-state index in [0.717, 1.165) is 16.0 Å². The van der Waals surface area contributed by atoms with Crippen molar-refractivity contribution in [2.45, 2.75) is 49.2 Å². The van der Waals surface area contributed by atoms with Crippen molar-refractivity contribution in [1.82, 2.24) is 20.3 Å². The minimum Gasteiger partial charge on any atom is -0.384 e. The summed E-state index contributed by atoms with van der Waals surface area (Å²) in [5.74, 6) is -0.245. The van der Waals surface area contributed by atoms with Crippen molar-refractivity contribution in [2.24, 2.45) is 11.5 Å². The first kappa shape index (κ1) is 32.5. The highest BCUT2D eigenvalue weighted by molar-refractivity contribution is 7.97. The SMILES string of the molecule is N=C(N)c1cccc(CC(NSc2cccc(NC(=O)CCN)c2)C(=O)N2CCC(NC(=O)NCc3ccccc3)CC2)c1. The summed E-state index contributed by atoms with van der Waals surface area (Å²) in [7, 11) is 0. The summed E-state index contributed by atoms with van der Waals surface area (Å²) < 4.78 is 3.34. The van der Waals surface area contributed by atoms with Gasteiger partial charge in [-0.15, -0.1) is 0 Å². The van der Waals surface area contributed by atoms with E-state index in [4.69, 9.17) is 16.9 Å². The highest BCUT2D eigenvalue weighted by atomic mass is 32.2. The van der Waals surface area contributed by atoms with Gasteiger partial charge in [0.05, 0.1) is 0 Å². The van der Waals surface area contributed by atoms with Crippen molar-refractivity contribution in [2.75, 3.05) is 25.0 Å². The zero-order chi connectivity index (χ0) is 31.3. The average Bonchev–Trinajstić information content (AvgIpc) is 3.03. The molecule has 44 heavy (non-hydrogen) atoms. The number of carbonyl (C=O) groups excluding carboxylic acids is 3. The largest absolute Gasteiger partial charge is 0.384 e. The van der Waals surface area contributed by atoms with E-state index in [1.165, 1.54) is 11.9 Å². The van der Waals surface area contributed by atoms with Gasteiger partial charge in [0.1, 0.15) is 11.9 Å². The topological polar surface area (TPSA) is 178 Å². The zero-order valence-corrected chi connectivity index (χ0v) is 25.4. The van der Waals surface area contributed by atoms with Gasteiger partial charge < -0.3 is 32.3 Å². The van der Waals surface area contributed by atoms with Gasteiger partial charge in [-0.25, -0.2) is 9.52 Å². The molecule has 1 aliphatic rings. The predicted molar refractivity (Wildman–Crippen MR) is 174 cm³/mol. The number of nitrogens with two attached hydrogens (primary N) is 2. The van der Waals surface area contributed by atoms with Crippen LogP contribution < -0.4 is 32.1 Å². The number of carbonyl (C=O) groups is 3. The lowest BCUT2D eigenvalue weighted by molar-refractivity contribution is -0.134. The number of benzene rings is 3. The number of urea groups is 1. The molecule has 0 spiro atoms. The van der Waals surface area contributed by atoms with Crippen LogP contribution in [-0.4, -0.2) is 60.3 Å². The number of amides is 4. The number of rotatable bonds is 13. The van der Waals surface area contributed by atoms with Gasteiger partial charge in [0.15, 0.2) is 0 Å². The number of amidine groups is 1. The molecule has 0 radical (unpaired) electrons. The van der Waals surface area contributed by atoms with Crippen LogP contribution in [0.2, 0.25) is 0 Å². The minimum atomic E-state index is -0.573. The van der Waals surface area contributed by atoms with Gasteiger partial charge in [-0.05, 0) is 66.6 Å². The van der Waals surface area contributed by atoms with E-state index < -0.39 is 6.04 Å². The molecule has 1 fully saturated rings. The third kappa shape index (κ3) is 10.1. The van der Waals surface area contributed by atoms with E-state index in [2.05, 4.69) is 20.7 Å². The van der Waals surface area contributed by atoms with Crippen LogP contribution in [0.4, 0.5) is 10.5 Å². The molecule has 1 atom stereocenters. The van der Waals surface area contributed by atoms with E-state index in [-0.39, 0.29) is 42.7 Å². The first-order valence-corrected chi connectivity index (χ1v) is 15.4. The standard InChI is InChI=1S/C32H40N8O3S/c33-15-12-29(41)37-26-10-5-11-27(20-26)44-39-28(19-23-8-4-9-24(18-23)30(34)35)31(42)40-16-13-25(14-17-40)38-32(43)36-21-22-6-2-1-3-7-22/h1-11,18,20,25,28,39H,12-17,19,21,33H2,(H3,34,35)(H,37,41)(H2,36,38,43). The maximum absolute atomic E-state index is 13.8. The van der Waals surface area contributed by atoms with Gasteiger partial charge in [-0.1, -0.05) is 54.6 Å². The number of nitrogens with zero attached hydrogens (tertiary/aromatic N) is 1. The van der Waals surface area contributed by atoms with E-state index >= 15 is 0 Å². The Bertz CT molecular complexity index is 1430. The van der Waals surface area contributed by atoms with E-state index in [9.17, 15) is 14.4 Å². The smallest absolute Gasteiger partial charge is 0.315 e. The number of likely N-dealkylation sites (tertiary alicyclic amines) is 1. The molecular weight excluding hydrogens is 576 g/mol. The van der Waals surface area contributed by atoms with Crippen molar-refractivity contribution >= 4 is 41.3 Å². The molecule has 3 aromatic rings. The molecule has 11 nitrogen and oxygen atoms in total. The van der Waals surface area contributed by atoms with Crippen LogP contribution in [0.15, 0.2) is 83.8 Å². The normalized spacial score (nSPS) is 14.0. The lowest BCUT2D eigenvalue weighted by Gasteiger charge is -2.34. The van der Waals surface area contributed by atoms with Crippen LogP contribution in [0.3, 0.4) is 0 Å². The summed E-state index contributed by atoms with van der Waals surface area (Å²) in [4.78, 5) is 40.9. The number of nitrogens with one attached hydrogen (secondary N) is 5. The molecule has 12 heteroatoms. The Morgan fingerprint density at radius 3 is 2.41 bits per heavy atom. The molecule has 0 aromatic heterocycles. The van der Waals surface area contributed by atoms with Gasteiger partial charge in [0, 0.05) is 54.8 Å². The first-order valence-electron chi connectivity index (χ1n) is 14.6. The maximum Gasteiger partial charge on any atom is 0.315 e. The fourth-order valence-electron chi connectivity index (χ4n) is 4.89. The molecule has 3 aromatic carbocycles. The molecule has 4 amide bonds. The Hall–Kier alpha value is -4.39. The second-order valence-electron chi connectivity index (χ2n) is 10.6. The van der Waals surface area contributed by atoms with Gasteiger partial charge >= 0.3 is 6.03 Å². The Kier molecular flexibility index (Phi) is 12.2. The number of nitrogen functional groups attached to an aromatic ring is 1. The molecule has 1 aliphatic heterocycles. The quantitative estimate of drug-likeness (QED) is 0.0876. The number of hydrogen-bond donors (Lipinski definition) is 7. The Balaban J connectivity index is 1.37. The summed E-state index contributed by atoms with van der Waals surface area (Å²) in [6, 6.07) is 23.6. The summed E-state index contributed by atoms with van der Waals surface area (Å²) in [6.45, 7) is 1.75. The van der Waals surface area contributed by atoms with Crippen molar-refractivity contribution in [1.29, 1.82) is 5.41 Å². The van der Waals surface area contributed by atoms with E-state index in [1.807, 2.05) is 71.6 Å². The van der Waals surface area contributed by atoms with E-state index in [1.54, 1.807) is 12.1 Å². The molecule has 0 aliphatic carbocycles.